The van der Waals surface area contributed by atoms with Crippen LogP contribution in [0.15, 0.2) is 18.2 Å². The van der Waals surface area contributed by atoms with Crippen molar-refractivity contribution in [3.63, 3.8) is 0 Å². The molecule has 1 aromatic carbocycles. The lowest BCUT2D eigenvalue weighted by Crippen LogP contribution is -2.93. The van der Waals surface area contributed by atoms with E-state index in [0.717, 1.165) is 0 Å². The molecule has 77 heavy (non-hydrogen) atoms. The number of cyclic esters (lactones) is 2. The molecule has 0 unspecified atom stereocenters. The van der Waals surface area contributed by atoms with Gasteiger partial charge in [0.1, 0.15) is 0 Å². The summed E-state index contributed by atoms with van der Waals surface area (Å²) in [6.07, 6.45) is 0. The minimum Gasteiger partial charge on any atom is -0.395 e. The molecule has 7 aliphatic heterocycles. The first-order valence-electron chi connectivity index (χ1n) is 26.9. The molecule has 7 heterocycles. The molecule has 0 amide bonds. The van der Waals surface area contributed by atoms with Crippen molar-refractivity contribution in [1.82, 2.24) is 0 Å². The lowest BCUT2D eigenvalue weighted by Gasteiger charge is -2.61. The standard InChI is InChI=1S/C38H86O23Si16/c1-24-62(8,9)42-70-50-71(43-63(10,11)25-2)53-74(46-66(16,17)28-5)55-72(51-70,44-64(12,13)26-3)57-76(48-68(20,21)30-7)58-73(52-70,45-65(14,15)27-4)56-75(54-71,47-67(18,19)29-6)60-77(59-74,61-76)49-69(22,23)34-31-32-35-36(33-34)38(40)41-37(35)39/h31-33H,24-30H2,1-23H3. The van der Waals surface area contributed by atoms with Crippen molar-refractivity contribution in [2.24, 2.45) is 0 Å². The van der Waals surface area contributed by atoms with Gasteiger partial charge in [0.15, 0.2) is 58.2 Å². The molecule has 0 N–H and O–H groups in total. The predicted octanol–water partition coefficient (Wildman–Crippen LogP) is 8.87. The van der Waals surface area contributed by atoms with Gasteiger partial charge in [-0.05, 0) is 164 Å². The summed E-state index contributed by atoms with van der Waals surface area (Å²) >= 11 is 0. The summed E-state index contributed by atoms with van der Waals surface area (Å²) in [5.41, 5.74) is 0.177. The van der Waals surface area contributed by atoms with E-state index in [4.69, 9.17) is 87.0 Å². The Balaban J connectivity index is 1.71. The van der Waals surface area contributed by atoms with Crippen LogP contribution in [0.5, 0.6) is 0 Å². The van der Waals surface area contributed by atoms with Crippen molar-refractivity contribution in [3.05, 3.63) is 29.3 Å². The number of rotatable bonds is 24. The van der Waals surface area contributed by atoms with Crippen LogP contribution in [-0.2, 0) is 87.0 Å². The fourth-order valence-electron chi connectivity index (χ4n) is 7.54. The van der Waals surface area contributed by atoms with E-state index in [9.17, 15) is 9.59 Å². The molecule has 0 aromatic heterocycles. The molecule has 6 fully saturated rings. The Morgan fingerprint density at radius 1 is 0.312 bits per heavy atom. The molecule has 8 rings (SSSR count). The van der Waals surface area contributed by atoms with Crippen molar-refractivity contribution >= 4 is 156 Å². The first-order chi connectivity index (χ1) is 35.0. The monoisotopic (exact) mass is 1360 g/mol. The molecule has 440 valence electrons. The average Bonchev–Trinajstić information content (AvgIpc) is 3.53. The zero-order valence-electron chi connectivity index (χ0n) is 49.6. The van der Waals surface area contributed by atoms with Crippen molar-refractivity contribution in [1.29, 1.82) is 0 Å². The molecular weight excluding hydrogens is 1270 g/mol. The van der Waals surface area contributed by atoms with Crippen LogP contribution in [0.2, 0.25) is 147 Å². The van der Waals surface area contributed by atoms with Gasteiger partial charge in [-0.15, -0.1) is 0 Å². The summed E-state index contributed by atoms with van der Waals surface area (Å²) in [6.45, 7) is 45.7. The molecule has 6 saturated heterocycles. The number of carbonyl (C=O) groups excluding carboxylic acids is 2. The van der Waals surface area contributed by atoms with E-state index in [1.165, 1.54) is 6.07 Å². The summed E-state index contributed by atoms with van der Waals surface area (Å²) in [5, 5.41) is 0.512. The van der Waals surface area contributed by atoms with Gasteiger partial charge in [0.2, 0.25) is 8.32 Å². The smallest absolute Gasteiger partial charge is 0.395 e. The van der Waals surface area contributed by atoms with Crippen LogP contribution in [0, 0.1) is 0 Å². The molecular formula is C38H86O23Si16. The van der Waals surface area contributed by atoms with Crippen LogP contribution in [0.25, 0.3) is 0 Å². The van der Waals surface area contributed by atoms with Gasteiger partial charge in [0, 0.05) is 0 Å². The van der Waals surface area contributed by atoms with Gasteiger partial charge < -0.3 is 87.0 Å². The van der Waals surface area contributed by atoms with Gasteiger partial charge >= 0.3 is 84.3 Å². The Kier molecular flexibility index (Phi) is 18.5. The molecule has 0 atom stereocenters. The number of carbonyl (C=O) groups is 2. The lowest BCUT2D eigenvalue weighted by atomic mass is 10.1. The highest BCUT2D eigenvalue weighted by atomic mass is 28.7. The van der Waals surface area contributed by atoms with Gasteiger partial charge in [-0.25, -0.2) is 9.59 Å². The number of hydrogen-bond donors (Lipinski definition) is 0. The summed E-state index contributed by atoms with van der Waals surface area (Å²) in [7, 11) is -67.4. The average molecular weight is 1360 g/mol. The summed E-state index contributed by atoms with van der Waals surface area (Å²) in [5.74, 6) is -1.55. The van der Waals surface area contributed by atoms with Crippen LogP contribution >= 0.6 is 0 Å². The number of esters is 2. The maximum atomic E-state index is 13.2. The predicted molar refractivity (Wildman–Crippen MR) is 317 cm³/mol. The highest BCUT2D eigenvalue weighted by Gasteiger charge is 2.92. The Bertz CT molecular complexity index is 2210. The first kappa shape index (κ1) is 65.6. The maximum absolute atomic E-state index is 13.2. The van der Waals surface area contributed by atoms with E-state index in [1.807, 2.05) is 153 Å². The van der Waals surface area contributed by atoms with Gasteiger partial charge in [-0.1, -0.05) is 54.5 Å². The number of ether oxygens (including phenoxy) is 1. The quantitative estimate of drug-likeness (QED) is 0.0535. The van der Waals surface area contributed by atoms with Crippen molar-refractivity contribution in [2.45, 2.75) is 196 Å². The summed E-state index contributed by atoms with van der Waals surface area (Å²) in [6, 6.07) is 8.54. The molecule has 39 heteroatoms. The Labute approximate surface area is 474 Å². The highest BCUT2D eigenvalue weighted by molar-refractivity contribution is 7.05. The fraction of sp³-hybridized carbons (Fsp3) is 0.789. The van der Waals surface area contributed by atoms with E-state index in [2.05, 4.69) is 0 Å². The largest absolute Gasteiger partial charge is 0.651 e. The van der Waals surface area contributed by atoms with E-state index in [-0.39, 0.29) is 11.1 Å². The van der Waals surface area contributed by atoms with Crippen LogP contribution < -0.4 is 5.19 Å². The van der Waals surface area contributed by atoms with Crippen LogP contribution in [0.4, 0.5) is 0 Å². The van der Waals surface area contributed by atoms with Crippen LogP contribution in [-0.4, -0.2) is 151 Å². The SMILES string of the molecule is CC[Si](C)(C)O[Si]12O[Si]3(O[Si](C)(C)CC)O[Si]4(O[Si](C)(C)CC)O[Si](O[Si](C)(C)CC)(O1)O[Si]1(O[Si](C)(C)CC)O[Si](O[Si](C)(C)CC)(O2)O[Si](O[Si](C)(C)CC)(O3)O[Si](O[Si](C)(C)c2ccc3c(c2)C(=O)OC3=O)(O4)O1. The molecule has 7 aliphatic rings. The van der Waals surface area contributed by atoms with Crippen LogP contribution in [0.3, 0.4) is 0 Å². The van der Waals surface area contributed by atoms with Gasteiger partial charge in [0.25, 0.3) is 0 Å². The molecule has 0 saturated carbocycles. The molecule has 0 radical (unpaired) electrons. The third kappa shape index (κ3) is 14.5. The third-order valence-electron chi connectivity index (χ3n) is 14.5. The zero-order valence-corrected chi connectivity index (χ0v) is 65.6. The zero-order chi connectivity index (χ0) is 57.8. The minimum atomic E-state index is -5.49. The number of hydrogen-bond acceptors (Lipinski definition) is 23. The second kappa shape index (κ2) is 21.8. The first-order valence-corrected chi connectivity index (χ1v) is 64.7. The maximum Gasteiger partial charge on any atom is 0.651 e. The molecule has 23 nitrogen and oxygen atoms in total. The second-order valence-electron chi connectivity index (χ2n) is 24.8. The molecule has 0 spiro atoms. The summed E-state index contributed by atoms with van der Waals surface area (Å²) < 4.78 is 157. The van der Waals surface area contributed by atoms with E-state index >= 15 is 0 Å². The third-order valence-corrected chi connectivity index (χ3v) is 77.6. The fourth-order valence-corrected chi connectivity index (χ4v) is 75.2. The van der Waals surface area contributed by atoms with Crippen molar-refractivity contribution < 1.29 is 96.6 Å². The molecule has 0 aliphatic carbocycles. The summed E-state index contributed by atoms with van der Waals surface area (Å²) in [4.78, 5) is 26.0. The number of fused-ring (bicyclic) bond motifs is 1. The minimum absolute atomic E-state index is 0.0649. The lowest BCUT2D eigenvalue weighted by molar-refractivity contribution is -0.129. The molecule has 8 bridgehead atoms. The second-order valence-corrected chi connectivity index (χ2v) is 82.3. The topological polar surface area (TPSA) is 228 Å². The van der Waals surface area contributed by atoms with E-state index < -0.39 is 151 Å². The Hall–Kier alpha value is 1.03. The Morgan fingerprint density at radius 2 is 0.506 bits per heavy atom. The number of benzene rings is 1. The van der Waals surface area contributed by atoms with E-state index in [0.29, 0.717) is 47.5 Å². The van der Waals surface area contributed by atoms with Crippen LogP contribution in [0.1, 0.15) is 69.2 Å². The van der Waals surface area contributed by atoms with Crippen molar-refractivity contribution in [2.75, 3.05) is 0 Å². The van der Waals surface area contributed by atoms with Gasteiger partial charge in [0.05, 0.1) is 11.1 Å². The highest BCUT2D eigenvalue weighted by Crippen LogP contribution is 2.54. The Morgan fingerprint density at radius 3 is 0.714 bits per heavy atom. The van der Waals surface area contributed by atoms with E-state index in [1.54, 1.807) is 12.1 Å². The molecule has 1 aromatic rings. The van der Waals surface area contributed by atoms with Crippen molar-refractivity contribution in [3.8, 4) is 0 Å². The van der Waals surface area contributed by atoms with Gasteiger partial charge in [-0.3, -0.25) is 0 Å². The van der Waals surface area contributed by atoms with Gasteiger partial charge in [-0.2, -0.15) is 0 Å². The normalized spacial score (nSPS) is 34.1.